The number of primary amides is 1. The quantitative estimate of drug-likeness (QED) is 0.781. The number of nitrogens with zero attached hydrogens (tertiary/aromatic N) is 1. The zero-order chi connectivity index (χ0) is 13.3. The predicted molar refractivity (Wildman–Crippen MR) is 66.1 cm³/mol. The van der Waals surface area contributed by atoms with Crippen LogP contribution in [-0.2, 0) is 9.59 Å². The van der Waals surface area contributed by atoms with Gasteiger partial charge >= 0.3 is 0 Å². The summed E-state index contributed by atoms with van der Waals surface area (Å²) in [7, 11) is 0. The van der Waals surface area contributed by atoms with E-state index in [0.717, 1.165) is 0 Å². The van der Waals surface area contributed by atoms with Crippen molar-refractivity contribution < 1.29 is 14.4 Å². The number of benzene rings is 1. The fraction of sp³-hybridized carbons (Fsp3) is 0.308. The Morgan fingerprint density at radius 2 is 2.06 bits per heavy atom. The van der Waals surface area contributed by atoms with Gasteiger partial charge in [0.15, 0.2) is 5.78 Å². The first-order valence-electron chi connectivity index (χ1n) is 5.79. The first-order valence-corrected chi connectivity index (χ1v) is 5.79. The number of amides is 2. The van der Waals surface area contributed by atoms with Crippen molar-refractivity contribution in [3.8, 4) is 0 Å². The lowest BCUT2D eigenvalue weighted by Gasteiger charge is -2.22. The molecule has 1 atom stereocenters. The molecule has 0 saturated carbocycles. The molecule has 1 aliphatic rings. The summed E-state index contributed by atoms with van der Waals surface area (Å²) in [6.07, 6.45) is -0.151. The van der Waals surface area contributed by atoms with Crippen molar-refractivity contribution in [3.05, 3.63) is 29.8 Å². The maximum absolute atomic E-state index is 12.2. The molecular formula is C13H14N2O3. The Bertz CT molecular complexity index is 525. The Morgan fingerprint density at radius 3 is 2.67 bits per heavy atom. The highest BCUT2D eigenvalue weighted by Crippen LogP contribution is 2.28. The summed E-state index contributed by atoms with van der Waals surface area (Å²) in [6.45, 7) is 2.19. The number of fused-ring (bicyclic) bond motifs is 1. The third-order valence-electron chi connectivity index (χ3n) is 3.11. The normalized spacial score (nSPS) is 19.4. The van der Waals surface area contributed by atoms with Gasteiger partial charge in [-0.25, -0.2) is 0 Å². The molecule has 2 N–H and O–H groups in total. The van der Waals surface area contributed by atoms with Crippen molar-refractivity contribution in [1.29, 1.82) is 0 Å². The molecule has 2 rings (SSSR count). The van der Waals surface area contributed by atoms with Gasteiger partial charge in [-0.05, 0) is 19.1 Å². The van der Waals surface area contributed by atoms with Crippen LogP contribution < -0.4 is 10.6 Å². The monoisotopic (exact) mass is 246 g/mol. The molecule has 18 heavy (non-hydrogen) atoms. The number of carbonyl (C=O) groups is 3. The van der Waals surface area contributed by atoms with Crippen molar-refractivity contribution >= 4 is 23.3 Å². The Balaban J connectivity index is 2.56. The second kappa shape index (κ2) is 4.60. The number of Topliss-reactive ketones (excluding diaryl/α,β-unsaturated/α-hetero) is 1. The standard InChI is InChI=1S/C13H14N2O3/c1-2-15-10-6-4-3-5-8(10)11(16)7-9(12(14)17)13(15)18/h3-6,9H,2,7H2,1H3,(H2,14,17). The van der Waals surface area contributed by atoms with Gasteiger partial charge in [0.2, 0.25) is 11.8 Å². The van der Waals surface area contributed by atoms with Gasteiger partial charge in [-0.15, -0.1) is 0 Å². The van der Waals surface area contributed by atoms with Crippen LogP contribution in [0.5, 0.6) is 0 Å². The number of anilines is 1. The second-order valence-corrected chi connectivity index (χ2v) is 4.18. The van der Waals surface area contributed by atoms with E-state index in [2.05, 4.69) is 0 Å². The molecule has 0 aliphatic carbocycles. The number of para-hydroxylation sites is 1. The maximum Gasteiger partial charge on any atom is 0.240 e. The molecule has 0 bridgehead atoms. The van der Waals surface area contributed by atoms with E-state index in [-0.39, 0.29) is 12.2 Å². The smallest absolute Gasteiger partial charge is 0.240 e. The zero-order valence-corrected chi connectivity index (χ0v) is 10.1. The van der Waals surface area contributed by atoms with Gasteiger partial charge in [-0.1, -0.05) is 12.1 Å². The average molecular weight is 246 g/mol. The molecule has 1 unspecified atom stereocenters. The number of hydrogen-bond acceptors (Lipinski definition) is 3. The van der Waals surface area contributed by atoms with Crippen LogP contribution in [0.25, 0.3) is 0 Å². The summed E-state index contributed by atoms with van der Waals surface area (Å²) in [6, 6.07) is 6.86. The maximum atomic E-state index is 12.2. The number of rotatable bonds is 2. The SMILES string of the molecule is CCN1C(=O)C(C(N)=O)CC(=O)c2ccccc21. The number of nitrogens with two attached hydrogens (primary N) is 1. The van der Waals surface area contributed by atoms with Crippen LogP contribution in [0.1, 0.15) is 23.7 Å². The van der Waals surface area contributed by atoms with Crippen molar-refractivity contribution in [2.24, 2.45) is 11.7 Å². The molecule has 0 radical (unpaired) electrons. The van der Waals surface area contributed by atoms with E-state index < -0.39 is 17.7 Å². The fourth-order valence-corrected chi connectivity index (χ4v) is 2.18. The minimum Gasteiger partial charge on any atom is -0.369 e. The lowest BCUT2D eigenvalue weighted by atomic mass is 9.99. The van der Waals surface area contributed by atoms with Crippen molar-refractivity contribution in [3.63, 3.8) is 0 Å². The topological polar surface area (TPSA) is 80.5 Å². The van der Waals surface area contributed by atoms with Crippen molar-refractivity contribution in [1.82, 2.24) is 0 Å². The van der Waals surface area contributed by atoms with E-state index in [4.69, 9.17) is 5.73 Å². The molecule has 0 spiro atoms. The van der Waals surface area contributed by atoms with Crippen LogP contribution in [0.2, 0.25) is 0 Å². The molecule has 2 amide bonds. The molecule has 1 aliphatic heterocycles. The predicted octanol–water partition coefficient (Wildman–Crippen LogP) is 0.727. The fourth-order valence-electron chi connectivity index (χ4n) is 2.18. The van der Waals surface area contributed by atoms with Crippen LogP contribution in [0, 0.1) is 5.92 Å². The molecule has 1 aromatic rings. The van der Waals surface area contributed by atoms with Crippen molar-refractivity contribution in [2.45, 2.75) is 13.3 Å². The third-order valence-corrected chi connectivity index (χ3v) is 3.11. The van der Waals surface area contributed by atoms with Crippen LogP contribution in [0.15, 0.2) is 24.3 Å². The largest absolute Gasteiger partial charge is 0.369 e. The van der Waals surface area contributed by atoms with Gasteiger partial charge in [0, 0.05) is 18.5 Å². The molecule has 0 fully saturated rings. The third kappa shape index (κ3) is 1.88. The molecule has 0 aromatic heterocycles. The molecular weight excluding hydrogens is 232 g/mol. The van der Waals surface area contributed by atoms with Crippen LogP contribution in [0.3, 0.4) is 0 Å². The van der Waals surface area contributed by atoms with E-state index in [9.17, 15) is 14.4 Å². The summed E-state index contributed by atoms with van der Waals surface area (Å²) in [5, 5.41) is 0. The molecule has 5 nitrogen and oxygen atoms in total. The first-order chi connectivity index (χ1) is 8.56. The lowest BCUT2D eigenvalue weighted by Crippen LogP contribution is -2.41. The van der Waals surface area contributed by atoms with Crippen LogP contribution >= 0.6 is 0 Å². The van der Waals surface area contributed by atoms with E-state index >= 15 is 0 Å². The molecule has 5 heteroatoms. The average Bonchev–Trinajstić information content (AvgIpc) is 2.46. The Hall–Kier alpha value is -2.17. The lowest BCUT2D eigenvalue weighted by molar-refractivity contribution is -0.131. The molecule has 0 saturated heterocycles. The van der Waals surface area contributed by atoms with Gasteiger partial charge < -0.3 is 10.6 Å². The summed E-state index contributed by atoms with van der Waals surface area (Å²) in [5.74, 6) is -2.44. The second-order valence-electron chi connectivity index (χ2n) is 4.18. The minimum atomic E-state index is -1.06. The Kier molecular flexibility index (Phi) is 3.14. The van der Waals surface area contributed by atoms with E-state index in [1.54, 1.807) is 31.2 Å². The summed E-state index contributed by atoms with van der Waals surface area (Å²) >= 11 is 0. The van der Waals surface area contributed by atoms with Gasteiger partial charge in [-0.3, -0.25) is 14.4 Å². The number of hydrogen-bond donors (Lipinski definition) is 1. The van der Waals surface area contributed by atoms with E-state index in [0.29, 0.717) is 17.8 Å². The first kappa shape index (κ1) is 12.3. The van der Waals surface area contributed by atoms with Gasteiger partial charge in [-0.2, -0.15) is 0 Å². The summed E-state index contributed by atoms with van der Waals surface area (Å²) < 4.78 is 0. The van der Waals surface area contributed by atoms with Gasteiger partial charge in [0.25, 0.3) is 0 Å². The highest BCUT2D eigenvalue weighted by molar-refractivity contribution is 6.16. The zero-order valence-electron chi connectivity index (χ0n) is 10.1. The Morgan fingerprint density at radius 1 is 1.39 bits per heavy atom. The number of ketones is 1. The van der Waals surface area contributed by atoms with E-state index in [1.807, 2.05) is 0 Å². The summed E-state index contributed by atoms with van der Waals surface area (Å²) in [4.78, 5) is 37.0. The van der Waals surface area contributed by atoms with Crippen molar-refractivity contribution in [2.75, 3.05) is 11.4 Å². The molecule has 1 aromatic carbocycles. The molecule has 94 valence electrons. The highest BCUT2D eigenvalue weighted by Gasteiger charge is 2.36. The van der Waals surface area contributed by atoms with Crippen LogP contribution in [0.4, 0.5) is 5.69 Å². The Labute approximate surface area is 105 Å². The van der Waals surface area contributed by atoms with Gasteiger partial charge in [0.05, 0.1) is 5.69 Å². The number of carbonyl (C=O) groups excluding carboxylic acids is 3. The minimum absolute atomic E-state index is 0.151. The molecule has 1 heterocycles. The van der Waals surface area contributed by atoms with Gasteiger partial charge in [0.1, 0.15) is 5.92 Å². The highest BCUT2D eigenvalue weighted by atomic mass is 16.2. The summed E-state index contributed by atoms with van der Waals surface area (Å²) in [5.41, 5.74) is 6.23. The van der Waals surface area contributed by atoms with Crippen LogP contribution in [-0.4, -0.2) is 24.1 Å². The van der Waals surface area contributed by atoms with E-state index in [1.165, 1.54) is 4.90 Å².